The van der Waals surface area contributed by atoms with Crippen molar-refractivity contribution in [3.05, 3.63) is 0 Å². The van der Waals surface area contributed by atoms with Crippen molar-refractivity contribution in [2.75, 3.05) is 19.7 Å². The lowest BCUT2D eigenvalue weighted by molar-refractivity contribution is -0.192. The van der Waals surface area contributed by atoms with Crippen LogP contribution in [0.1, 0.15) is 19.3 Å². The predicted octanol–water partition coefficient (Wildman–Crippen LogP) is -4.36. The molecule has 0 radical (unpaired) electrons. The first-order valence-corrected chi connectivity index (χ1v) is 9.96. The van der Waals surface area contributed by atoms with Gasteiger partial charge in [0, 0.05) is 6.54 Å². The van der Waals surface area contributed by atoms with Crippen LogP contribution in [0.2, 0.25) is 0 Å². The van der Waals surface area contributed by atoms with Crippen LogP contribution in [0, 0.1) is 0 Å². The Labute approximate surface area is 206 Å². The number of carboxylic acids is 3. The summed E-state index contributed by atoms with van der Waals surface area (Å²) >= 11 is 0. The predicted molar refractivity (Wildman–Crippen MR) is 115 cm³/mol. The van der Waals surface area contributed by atoms with E-state index in [1.165, 1.54) is 0 Å². The van der Waals surface area contributed by atoms with Crippen LogP contribution in [-0.4, -0.2) is 106 Å². The molecule has 0 aromatic rings. The molecule has 20 heteroatoms. The number of hydrogen-bond acceptors (Lipinski definition) is 9. The highest BCUT2D eigenvalue weighted by molar-refractivity contribution is 5.94. The Morgan fingerprint density at radius 2 is 1.46 bits per heavy atom. The van der Waals surface area contributed by atoms with Gasteiger partial charge in [-0.3, -0.25) is 24.2 Å². The summed E-state index contributed by atoms with van der Waals surface area (Å²) in [5.74, 6) is -8.56. The lowest BCUT2D eigenvalue weighted by atomic mass is 10.1. The highest BCUT2D eigenvalue weighted by atomic mass is 19.4. The number of amides is 3. The van der Waals surface area contributed by atoms with E-state index in [1.807, 2.05) is 5.32 Å². The first-order valence-electron chi connectivity index (χ1n) is 9.96. The first kappa shape index (κ1) is 35.0. The molecule has 0 aliphatic carbocycles. The lowest BCUT2D eigenvalue weighted by Crippen LogP contribution is -2.55. The van der Waals surface area contributed by atoms with E-state index in [9.17, 15) is 37.1 Å². The van der Waals surface area contributed by atoms with E-state index >= 15 is 0 Å². The minimum Gasteiger partial charge on any atom is -0.481 e. The van der Waals surface area contributed by atoms with Crippen LogP contribution < -0.4 is 33.2 Å². The van der Waals surface area contributed by atoms with Gasteiger partial charge in [0.25, 0.3) is 0 Å². The Hall–Kier alpha value is -4.20. The van der Waals surface area contributed by atoms with E-state index in [1.54, 1.807) is 0 Å². The van der Waals surface area contributed by atoms with Gasteiger partial charge in [0.05, 0.1) is 25.6 Å². The highest BCUT2D eigenvalue weighted by Gasteiger charge is 2.38. The van der Waals surface area contributed by atoms with E-state index < -0.39 is 79.5 Å². The van der Waals surface area contributed by atoms with Crippen LogP contribution in [0.5, 0.6) is 0 Å². The average Bonchev–Trinajstić information content (AvgIpc) is 2.76. The number of aliphatic imine (C=N–C) groups is 1. The van der Waals surface area contributed by atoms with Crippen LogP contribution in [0.4, 0.5) is 13.2 Å². The molecule has 3 atom stereocenters. The van der Waals surface area contributed by atoms with Gasteiger partial charge < -0.3 is 53.6 Å². The van der Waals surface area contributed by atoms with Gasteiger partial charge in [0.1, 0.15) is 12.1 Å². The molecule has 0 saturated carbocycles. The van der Waals surface area contributed by atoms with Crippen molar-refractivity contribution in [2.45, 2.75) is 43.6 Å². The summed E-state index contributed by atoms with van der Waals surface area (Å²) in [5, 5.41) is 39.9. The SMILES string of the molecule is NC(N)=NCCC[C@H](N)C(=O)NCC(=O)N[C@@H](CC(=O)O)C(=O)N[C@@H](CO)C(=O)O.O=C(O)C(F)(F)F. The number of nitrogens with zero attached hydrogens (tertiary/aromatic N) is 1. The number of alkyl halides is 3. The summed E-state index contributed by atoms with van der Waals surface area (Å²) in [7, 11) is 0. The number of aliphatic carboxylic acids is 3. The molecule has 0 aromatic heterocycles. The smallest absolute Gasteiger partial charge is 0.481 e. The number of carboxylic acid groups (broad SMARTS) is 3. The minimum absolute atomic E-state index is 0.0988. The fourth-order valence-electron chi connectivity index (χ4n) is 2.04. The molecule has 0 aromatic carbocycles. The Kier molecular flexibility index (Phi) is 16.3. The molecule has 17 nitrogen and oxygen atoms in total. The van der Waals surface area contributed by atoms with Crippen molar-refractivity contribution in [1.29, 1.82) is 0 Å². The molecule has 0 bridgehead atoms. The monoisotopic (exact) mass is 547 g/mol. The van der Waals surface area contributed by atoms with Gasteiger partial charge in [-0.05, 0) is 12.8 Å². The molecule has 0 unspecified atom stereocenters. The number of carbonyl (C=O) groups is 6. The van der Waals surface area contributed by atoms with E-state index in [-0.39, 0.29) is 18.9 Å². The number of halogens is 3. The highest BCUT2D eigenvalue weighted by Crippen LogP contribution is 2.13. The fourth-order valence-corrected chi connectivity index (χ4v) is 2.04. The summed E-state index contributed by atoms with van der Waals surface area (Å²) in [6.45, 7) is -1.28. The van der Waals surface area contributed by atoms with E-state index in [4.69, 9.17) is 42.4 Å². The summed E-state index contributed by atoms with van der Waals surface area (Å²) in [4.78, 5) is 70.2. The van der Waals surface area contributed by atoms with Crippen molar-refractivity contribution in [1.82, 2.24) is 16.0 Å². The number of nitrogens with one attached hydrogen (secondary N) is 3. The maximum atomic E-state index is 12.0. The number of nitrogens with two attached hydrogens (primary N) is 3. The number of hydrogen-bond donors (Lipinski definition) is 10. The van der Waals surface area contributed by atoms with Crippen LogP contribution in [0.15, 0.2) is 4.99 Å². The zero-order valence-corrected chi connectivity index (χ0v) is 19.0. The molecule has 3 amide bonds. The van der Waals surface area contributed by atoms with E-state index in [0.717, 1.165) is 0 Å². The van der Waals surface area contributed by atoms with Crippen molar-refractivity contribution in [2.24, 2.45) is 22.2 Å². The molecular formula is C17H28F3N7O10. The topological polar surface area (TPSA) is 310 Å². The third-order valence-electron chi connectivity index (χ3n) is 3.80. The number of aliphatic hydroxyl groups excluding tert-OH is 1. The van der Waals surface area contributed by atoms with Crippen LogP contribution in [0.25, 0.3) is 0 Å². The van der Waals surface area contributed by atoms with Gasteiger partial charge in [0.2, 0.25) is 17.7 Å². The third-order valence-corrected chi connectivity index (χ3v) is 3.80. The van der Waals surface area contributed by atoms with Crippen molar-refractivity contribution < 1.29 is 62.4 Å². The van der Waals surface area contributed by atoms with Crippen LogP contribution in [-0.2, 0) is 28.8 Å². The Balaban J connectivity index is 0. The van der Waals surface area contributed by atoms with Gasteiger partial charge in [-0.2, -0.15) is 13.2 Å². The molecule has 212 valence electrons. The van der Waals surface area contributed by atoms with E-state index in [0.29, 0.717) is 6.42 Å². The van der Waals surface area contributed by atoms with Crippen molar-refractivity contribution in [3.63, 3.8) is 0 Å². The average molecular weight is 547 g/mol. The number of guanidine groups is 1. The van der Waals surface area contributed by atoms with Crippen LogP contribution in [0.3, 0.4) is 0 Å². The molecule has 0 heterocycles. The number of rotatable bonds is 14. The van der Waals surface area contributed by atoms with Crippen molar-refractivity contribution in [3.8, 4) is 0 Å². The minimum atomic E-state index is -5.08. The summed E-state index contributed by atoms with van der Waals surface area (Å²) in [5.41, 5.74) is 16.0. The van der Waals surface area contributed by atoms with Gasteiger partial charge in [-0.15, -0.1) is 0 Å². The largest absolute Gasteiger partial charge is 0.490 e. The zero-order valence-electron chi connectivity index (χ0n) is 19.0. The molecule has 0 aliphatic rings. The zero-order chi connectivity index (χ0) is 29.3. The quantitative estimate of drug-likeness (QED) is 0.0559. The second kappa shape index (κ2) is 17.3. The van der Waals surface area contributed by atoms with Gasteiger partial charge in [-0.1, -0.05) is 0 Å². The van der Waals surface area contributed by atoms with Gasteiger partial charge in [0.15, 0.2) is 5.96 Å². The fraction of sp³-hybridized carbons (Fsp3) is 0.588. The van der Waals surface area contributed by atoms with Crippen molar-refractivity contribution >= 4 is 41.6 Å². The molecule has 37 heavy (non-hydrogen) atoms. The van der Waals surface area contributed by atoms with Gasteiger partial charge >= 0.3 is 24.1 Å². The lowest BCUT2D eigenvalue weighted by Gasteiger charge is -2.19. The molecule has 0 spiro atoms. The molecular weight excluding hydrogens is 519 g/mol. The second-order valence-corrected chi connectivity index (χ2v) is 6.88. The summed E-state index contributed by atoms with van der Waals surface area (Å²) < 4.78 is 31.7. The second-order valence-electron chi connectivity index (χ2n) is 6.88. The molecule has 0 aliphatic heterocycles. The summed E-state index contributed by atoms with van der Waals surface area (Å²) in [6, 6.07) is -4.26. The third kappa shape index (κ3) is 17.8. The maximum absolute atomic E-state index is 12.0. The Morgan fingerprint density at radius 3 is 1.86 bits per heavy atom. The Morgan fingerprint density at radius 1 is 0.919 bits per heavy atom. The van der Waals surface area contributed by atoms with Crippen LogP contribution >= 0.6 is 0 Å². The van der Waals surface area contributed by atoms with Gasteiger partial charge in [-0.25, -0.2) is 9.59 Å². The maximum Gasteiger partial charge on any atom is 0.490 e. The number of aliphatic hydroxyl groups is 1. The standard InChI is InChI=1S/C15H27N7O8.C2HF3O2/c16-7(2-1-3-19-15(17)18)12(27)20-5-10(24)21-8(4-11(25)26)13(28)22-9(6-23)14(29)30;3-2(4,5)1(6)7/h7-9,23H,1-6,16H2,(H,20,27)(H,21,24)(H,22,28)(H,25,26)(H,29,30)(H4,17,18,19);(H,6,7)/t7-,8-,9-;/m0./s1. The number of carbonyl (C=O) groups excluding carboxylic acids is 3. The first-order chi connectivity index (χ1) is 16.9. The van der Waals surface area contributed by atoms with E-state index in [2.05, 4.69) is 15.6 Å². The normalized spacial score (nSPS) is 12.9. The Bertz CT molecular complexity index is 850. The molecule has 0 rings (SSSR count). The summed E-state index contributed by atoms with van der Waals surface area (Å²) in [6.07, 6.45) is -5.30. The molecule has 0 fully saturated rings. The molecule has 13 N–H and O–H groups in total. The molecule has 0 saturated heterocycles.